The van der Waals surface area contributed by atoms with Gasteiger partial charge in [0.2, 0.25) is 10.0 Å². The van der Waals surface area contributed by atoms with Crippen molar-refractivity contribution >= 4 is 44.8 Å². The van der Waals surface area contributed by atoms with Crippen LogP contribution in [0.1, 0.15) is 40.5 Å². The summed E-state index contributed by atoms with van der Waals surface area (Å²) in [5, 5.41) is 5.70. The van der Waals surface area contributed by atoms with Crippen LogP contribution in [0.25, 0.3) is 0 Å². The molecule has 2 aromatic rings. The van der Waals surface area contributed by atoms with Crippen molar-refractivity contribution in [3.63, 3.8) is 0 Å². The molecule has 0 atom stereocenters. The second-order valence-electron chi connectivity index (χ2n) is 6.70. The number of hydrogen-bond acceptors (Lipinski definition) is 4. The number of amides is 2. The molecule has 2 aromatic carbocycles. The number of carbonyl (C=O) groups excluding carboxylic acids is 2. The smallest absolute Gasteiger partial charge is 0.255 e. The van der Waals surface area contributed by atoms with E-state index in [1.165, 1.54) is 10.4 Å². The first kappa shape index (κ1) is 21.1. The highest BCUT2D eigenvalue weighted by molar-refractivity contribution is 7.93. The van der Waals surface area contributed by atoms with Crippen molar-refractivity contribution in [2.24, 2.45) is 0 Å². The third kappa shape index (κ3) is 4.89. The SMILES string of the molecule is CCCNC(=O)c1ccc(NC(=O)c2cccc(N3CCCS3(=O)=O)c2)cc1Cl. The summed E-state index contributed by atoms with van der Waals surface area (Å²) in [5.74, 6) is -0.558. The predicted octanol–water partition coefficient (Wildman–Crippen LogP) is 3.27. The van der Waals surface area contributed by atoms with Gasteiger partial charge in [0, 0.05) is 24.3 Å². The molecule has 29 heavy (non-hydrogen) atoms. The molecular weight excluding hydrogens is 414 g/mol. The normalized spacial score (nSPS) is 15.2. The van der Waals surface area contributed by atoms with Crippen molar-refractivity contribution in [2.75, 3.05) is 28.5 Å². The highest BCUT2D eigenvalue weighted by Crippen LogP contribution is 2.26. The zero-order valence-corrected chi connectivity index (χ0v) is 17.5. The zero-order chi connectivity index (χ0) is 21.0. The van der Waals surface area contributed by atoms with Crippen LogP contribution < -0.4 is 14.9 Å². The average Bonchev–Trinajstić information content (AvgIpc) is 3.05. The lowest BCUT2D eigenvalue weighted by atomic mass is 10.1. The van der Waals surface area contributed by atoms with Crippen LogP contribution >= 0.6 is 11.6 Å². The highest BCUT2D eigenvalue weighted by atomic mass is 35.5. The summed E-state index contributed by atoms with van der Waals surface area (Å²) in [5.41, 5.74) is 1.56. The van der Waals surface area contributed by atoms with E-state index < -0.39 is 15.9 Å². The van der Waals surface area contributed by atoms with E-state index in [9.17, 15) is 18.0 Å². The number of halogens is 1. The first-order chi connectivity index (χ1) is 13.8. The third-order valence-electron chi connectivity index (χ3n) is 4.50. The Morgan fingerprint density at radius 2 is 1.93 bits per heavy atom. The van der Waals surface area contributed by atoms with Gasteiger partial charge < -0.3 is 10.6 Å². The number of carbonyl (C=O) groups is 2. The molecule has 0 saturated carbocycles. The van der Waals surface area contributed by atoms with Crippen LogP contribution in [0.15, 0.2) is 42.5 Å². The van der Waals surface area contributed by atoms with Gasteiger partial charge in [0.15, 0.2) is 0 Å². The first-order valence-electron chi connectivity index (χ1n) is 9.31. The lowest BCUT2D eigenvalue weighted by molar-refractivity contribution is 0.0953. The van der Waals surface area contributed by atoms with E-state index in [-0.39, 0.29) is 16.7 Å². The second kappa shape index (κ2) is 8.84. The third-order valence-corrected chi connectivity index (χ3v) is 6.68. The fourth-order valence-electron chi connectivity index (χ4n) is 3.05. The molecule has 0 spiro atoms. The molecule has 2 N–H and O–H groups in total. The maximum absolute atomic E-state index is 12.6. The molecule has 1 fully saturated rings. The molecule has 0 bridgehead atoms. The van der Waals surface area contributed by atoms with Crippen molar-refractivity contribution in [1.82, 2.24) is 5.32 Å². The Labute approximate surface area is 175 Å². The fraction of sp³-hybridized carbons (Fsp3) is 0.300. The number of benzene rings is 2. The van der Waals surface area contributed by atoms with Crippen LogP contribution in [0.2, 0.25) is 5.02 Å². The number of hydrogen-bond donors (Lipinski definition) is 2. The molecule has 1 saturated heterocycles. The Morgan fingerprint density at radius 3 is 2.59 bits per heavy atom. The Balaban J connectivity index is 1.75. The Kier molecular flexibility index (Phi) is 6.44. The molecule has 2 amide bonds. The van der Waals surface area contributed by atoms with Crippen LogP contribution in [0.3, 0.4) is 0 Å². The Morgan fingerprint density at radius 1 is 1.14 bits per heavy atom. The summed E-state index contributed by atoms with van der Waals surface area (Å²) in [6.07, 6.45) is 1.38. The summed E-state index contributed by atoms with van der Waals surface area (Å²) < 4.78 is 25.5. The molecule has 0 aliphatic carbocycles. The van der Waals surface area contributed by atoms with Gasteiger partial charge >= 0.3 is 0 Å². The van der Waals surface area contributed by atoms with E-state index in [2.05, 4.69) is 10.6 Å². The molecule has 154 valence electrons. The molecule has 1 heterocycles. The quantitative estimate of drug-likeness (QED) is 0.727. The van der Waals surface area contributed by atoms with Crippen molar-refractivity contribution in [3.05, 3.63) is 58.6 Å². The van der Waals surface area contributed by atoms with Gasteiger partial charge in [-0.1, -0.05) is 24.6 Å². The Hall–Kier alpha value is -2.58. The van der Waals surface area contributed by atoms with Gasteiger partial charge in [0.1, 0.15) is 0 Å². The maximum atomic E-state index is 12.6. The van der Waals surface area contributed by atoms with E-state index in [0.29, 0.717) is 42.0 Å². The van der Waals surface area contributed by atoms with Crippen LogP contribution in [0, 0.1) is 0 Å². The van der Waals surface area contributed by atoms with Gasteiger partial charge in [-0.05, 0) is 49.2 Å². The van der Waals surface area contributed by atoms with E-state index >= 15 is 0 Å². The van der Waals surface area contributed by atoms with Gasteiger partial charge in [0.25, 0.3) is 11.8 Å². The van der Waals surface area contributed by atoms with E-state index in [1.807, 2.05) is 6.92 Å². The van der Waals surface area contributed by atoms with Gasteiger partial charge in [-0.15, -0.1) is 0 Å². The predicted molar refractivity (Wildman–Crippen MR) is 114 cm³/mol. The number of nitrogens with zero attached hydrogens (tertiary/aromatic N) is 1. The van der Waals surface area contributed by atoms with E-state index in [4.69, 9.17) is 11.6 Å². The minimum Gasteiger partial charge on any atom is -0.352 e. The van der Waals surface area contributed by atoms with E-state index in [1.54, 1.807) is 36.4 Å². The summed E-state index contributed by atoms with van der Waals surface area (Å²) in [7, 11) is -3.32. The lowest BCUT2D eigenvalue weighted by Gasteiger charge is -2.17. The molecule has 1 aliphatic rings. The van der Waals surface area contributed by atoms with Crippen LogP contribution in [0.4, 0.5) is 11.4 Å². The average molecular weight is 436 g/mol. The number of anilines is 2. The number of rotatable bonds is 6. The molecule has 9 heteroatoms. The largest absolute Gasteiger partial charge is 0.352 e. The van der Waals surface area contributed by atoms with Crippen LogP contribution in [-0.4, -0.2) is 39.1 Å². The molecular formula is C20H22ClN3O4S. The number of sulfonamides is 1. The molecule has 1 aliphatic heterocycles. The van der Waals surface area contributed by atoms with Gasteiger partial charge in [0.05, 0.1) is 22.0 Å². The zero-order valence-electron chi connectivity index (χ0n) is 15.9. The van der Waals surface area contributed by atoms with Crippen LogP contribution in [0.5, 0.6) is 0 Å². The summed E-state index contributed by atoms with van der Waals surface area (Å²) in [6, 6.07) is 11.1. The van der Waals surface area contributed by atoms with Crippen molar-refractivity contribution in [3.8, 4) is 0 Å². The van der Waals surface area contributed by atoms with Crippen LogP contribution in [-0.2, 0) is 10.0 Å². The Bertz CT molecular complexity index is 1040. The molecule has 7 nitrogen and oxygen atoms in total. The first-order valence-corrected chi connectivity index (χ1v) is 11.3. The van der Waals surface area contributed by atoms with Crippen molar-refractivity contribution < 1.29 is 18.0 Å². The monoisotopic (exact) mass is 435 g/mol. The summed E-state index contributed by atoms with van der Waals surface area (Å²) in [6.45, 7) is 2.91. The van der Waals surface area contributed by atoms with Gasteiger partial charge in [-0.3, -0.25) is 13.9 Å². The summed E-state index contributed by atoms with van der Waals surface area (Å²) in [4.78, 5) is 24.7. The minimum absolute atomic E-state index is 0.111. The standard InChI is InChI=1S/C20H22ClN3O4S/c1-2-9-22-20(26)17-8-7-15(13-18(17)21)23-19(25)14-5-3-6-16(12-14)24-10-4-11-29(24,27)28/h3,5-8,12-13H,2,4,9-11H2,1H3,(H,22,26)(H,23,25). The molecule has 3 rings (SSSR count). The van der Waals surface area contributed by atoms with Gasteiger partial charge in [-0.25, -0.2) is 8.42 Å². The maximum Gasteiger partial charge on any atom is 0.255 e. The molecule has 0 radical (unpaired) electrons. The van der Waals surface area contributed by atoms with Crippen molar-refractivity contribution in [2.45, 2.75) is 19.8 Å². The highest BCUT2D eigenvalue weighted by Gasteiger charge is 2.28. The summed E-state index contributed by atoms with van der Waals surface area (Å²) >= 11 is 6.19. The molecule has 0 unspecified atom stereocenters. The van der Waals surface area contributed by atoms with Crippen molar-refractivity contribution in [1.29, 1.82) is 0 Å². The number of nitrogens with one attached hydrogen (secondary N) is 2. The minimum atomic E-state index is -3.32. The van der Waals surface area contributed by atoms with Gasteiger partial charge in [-0.2, -0.15) is 0 Å². The second-order valence-corrected chi connectivity index (χ2v) is 9.12. The fourth-order valence-corrected chi connectivity index (χ4v) is 4.87. The molecule has 0 aromatic heterocycles. The van der Waals surface area contributed by atoms with E-state index in [0.717, 1.165) is 6.42 Å². The topological polar surface area (TPSA) is 95.6 Å². The lowest BCUT2D eigenvalue weighted by Crippen LogP contribution is -2.25.